The topological polar surface area (TPSA) is 81.0 Å². The summed E-state index contributed by atoms with van der Waals surface area (Å²) in [5, 5.41) is 6.10. The number of nitrogens with zero attached hydrogens (tertiary/aromatic N) is 5. The van der Waals surface area contributed by atoms with E-state index in [0.717, 1.165) is 21.7 Å². The molecule has 2 heterocycles. The van der Waals surface area contributed by atoms with Gasteiger partial charge < -0.3 is 0 Å². The Morgan fingerprint density at radius 1 is 1.16 bits per heavy atom. The Hall–Kier alpha value is -1.97. The Morgan fingerprint density at radius 3 is 2.64 bits per heavy atom. The number of hydrogen-bond donors (Lipinski definition) is 0. The summed E-state index contributed by atoms with van der Waals surface area (Å²) < 4.78 is 26.6. The van der Waals surface area contributed by atoms with Gasteiger partial charge in [0.1, 0.15) is 11.4 Å². The largest absolute Gasteiger partial charge is 0.229 e. The van der Waals surface area contributed by atoms with Gasteiger partial charge in [-0.1, -0.05) is 18.2 Å². The first-order valence-electron chi connectivity index (χ1n) is 7.76. The molecule has 0 fully saturated rings. The maximum absolute atomic E-state index is 11.8. The number of benzene rings is 1. The second kappa shape index (κ2) is 7.51. The molecule has 0 radical (unpaired) electrons. The fourth-order valence-corrected chi connectivity index (χ4v) is 4.25. The molecule has 132 valence electrons. The SMILES string of the molecule is CN(C)S(=O)(=O)CCCSc1ncnc2c1cnn2-c1ccccc1. The van der Waals surface area contributed by atoms with Crippen LogP contribution in [-0.4, -0.2) is 58.1 Å². The van der Waals surface area contributed by atoms with Crippen LogP contribution in [0, 0.1) is 0 Å². The van der Waals surface area contributed by atoms with E-state index in [9.17, 15) is 8.42 Å². The molecule has 3 rings (SSSR count). The van der Waals surface area contributed by atoms with Crippen molar-refractivity contribution in [3.05, 3.63) is 42.9 Å². The van der Waals surface area contributed by atoms with Gasteiger partial charge in [-0.25, -0.2) is 27.4 Å². The first-order valence-corrected chi connectivity index (χ1v) is 10.4. The van der Waals surface area contributed by atoms with Crippen molar-refractivity contribution in [2.75, 3.05) is 25.6 Å². The molecule has 0 amide bonds. The standard InChI is InChI=1S/C16H19N5O2S2/c1-20(2)25(22,23)10-6-9-24-16-14-11-19-21(15(14)17-12-18-16)13-7-4-3-5-8-13/h3-5,7-8,11-12H,6,9-10H2,1-2H3. The van der Waals surface area contributed by atoms with E-state index in [1.54, 1.807) is 25.0 Å². The number of thioether (sulfide) groups is 1. The van der Waals surface area contributed by atoms with Gasteiger partial charge in [0.25, 0.3) is 0 Å². The van der Waals surface area contributed by atoms with Gasteiger partial charge in [-0.3, -0.25) is 0 Å². The summed E-state index contributed by atoms with van der Waals surface area (Å²) in [5.41, 5.74) is 1.67. The number of sulfonamides is 1. The zero-order chi connectivity index (χ0) is 17.9. The highest BCUT2D eigenvalue weighted by molar-refractivity contribution is 7.99. The molecule has 0 N–H and O–H groups in total. The maximum Gasteiger partial charge on any atom is 0.213 e. The Bertz CT molecular complexity index is 955. The van der Waals surface area contributed by atoms with Gasteiger partial charge in [0.15, 0.2) is 5.65 Å². The predicted molar refractivity (Wildman–Crippen MR) is 99.5 cm³/mol. The van der Waals surface area contributed by atoms with Gasteiger partial charge in [0.05, 0.1) is 23.0 Å². The van der Waals surface area contributed by atoms with Crippen LogP contribution >= 0.6 is 11.8 Å². The molecule has 3 aromatic rings. The lowest BCUT2D eigenvalue weighted by molar-refractivity contribution is 0.520. The smallest absolute Gasteiger partial charge is 0.213 e. The van der Waals surface area contributed by atoms with Crippen molar-refractivity contribution in [2.24, 2.45) is 0 Å². The molecule has 25 heavy (non-hydrogen) atoms. The fourth-order valence-electron chi connectivity index (χ4n) is 2.29. The quantitative estimate of drug-likeness (QED) is 0.357. The van der Waals surface area contributed by atoms with Crippen LogP contribution in [0.1, 0.15) is 6.42 Å². The maximum atomic E-state index is 11.8. The van der Waals surface area contributed by atoms with Crippen LogP contribution in [0.5, 0.6) is 0 Å². The molecule has 0 unspecified atom stereocenters. The molecule has 0 aliphatic rings. The van der Waals surface area contributed by atoms with E-state index >= 15 is 0 Å². The summed E-state index contributed by atoms with van der Waals surface area (Å²) in [4.78, 5) is 8.66. The van der Waals surface area contributed by atoms with E-state index in [1.165, 1.54) is 22.4 Å². The number of aromatic nitrogens is 4. The molecule has 7 nitrogen and oxygen atoms in total. The van der Waals surface area contributed by atoms with Crippen LogP contribution in [-0.2, 0) is 10.0 Å². The summed E-state index contributed by atoms with van der Waals surface area (Å²) in [6.07, 6.45) is 3.83. The number of rotatable bonds is 7. The van der Waals surface area contributed by atoms with E-state index in [1.807, 2.05) is 30.3 Å². The summed E-state index contributed by atoms with van der Waals surface area (Å²) in [6, 6.07) is 9.78. The van der Waals surface area contributed by atoms with E-state index in [0.29, 0.717) is 12.2 Å². The van der Waals surface area contributed by atoms with Gasteiger partial charge in [0.2, 0.25) is 10.0 Å². The number of hydrogen-bond acceptors (Lipinski definition) is 6. The molecule has 0 spiro atoms. The summed E-state index contributed by atoms with van der Waals surface area (Å²) in [7, 11) is -0.0562. The van der Waals surface area contributed by atoms with Crippen LogP contribution in [0.15, 0.2) is 47.9 Å². The van der Waals surface area contributed by atoms with E-state index in [2.05, 4.69) is 15.1 Å². The van der Waals surface area contributed by atoms with Crippen molar-refractivity contribution in [2.45, 2.75) is 11.4 Å². The van der Waals surface area contributed by atoms with Crippen LogP contribution in [0.3, 0.4) is 0 Å². The van der Waals surface area contributed by atoms with Crippen molar-refractivity contribution in [1.29, 1.82) is 0 Å². The highest BCUT2D eigenvalue weighted by Gasteiger charge is 2.14. The van der Waals surface area contributed by atoms with Crippen molar-refractivity contribution < 1.29 is 8.42 Å². The Balaban J connectivity index is 1.74. The Morgan fingerprint density at radius 2 is 1.92 bits per heavy atom. The molecular formula is C16H19N5O2S2. The second-order valence-corrected chi connectivity index (χ2v) is 8.99. The van der Waals surface area contributed by atoms with Gasteiger partial charge in [-0.2, -0.15) is 5.10 Å². The van der Waals surface area contributed by atoms with Crippen molar-refractivity contribution in [3.8, 4) is 5.69 Å². The minimum Gasteiger partial charge on any atom is -0.229 e. The van der Waals surface area contributed by atoms with Crippen LogP contribution in [0.4, 0.5) is 0 Å². The van der Waals surface area contributed by atoms with Gasteiger partial charge >= 0.3 is 0 Å². The zero-order valence-corrected chi connectivity index (χ0v) is 15.7. The molecule has 9 heteroatoms. The molecule has 0 aliphatic heterocycles. The Labute approximate surface area is 151 Å². The first kappa shape index (κ1) is 17.8. The third-order valence-corrected chi connectivity index (χ3v) is 6.68. The van der Waals surface area contributed by atoms with Gasteiger partial charge in [-0.05, 0) is 18.6 Å². The third-order valence-electron chi connectivity index (χ3n) is 3.67. The number of fused-ring (bicyclic) bond motifs is 1. The Kier molecular flexibility index (Phi) is 5.36. The lowest BCUT2D eigenvalue weighted by Crippen LogP contribution is -2.25. The highest BCUT2D eigenvalue weighted by atomic mass is 32.2. The lowest BCUT2D eigenvalue weighted by atomic mass is 10.3. The number of para-hydroxylation sites is 1. The third kappa shape index (κ3) is 4.00. The minimum atomic E-state index is -3.16. The normalized spacial score (nSPS) is 12.1. The van der Waals surface area contributed by atoms with Crippen LogP contribution < -0.4 is 0 Å². The average Bonchev–Trinajstić information content (AvgIpc) is 3.04. The molecule has 0 aliphatic carbocycles. The predicted octanol–water partition coefficient (Wildman–Crippen LogP) is 2.19. The van der Waals surface area contributed by atoms with E-state index < -0.39 is 10.0 Å². The molecule has 0 saturated carbocycles. The van der Waals surface area contributed by atoms with Crippen molar-refractivity contribution >= 4 is 32.8 Å². The average molecular weight is 377 g/mol. The van der Waals surface area contributed by atoms with Crippen molar-refractivity contribution in [3.63, 3.8) is 0 Å². The fraction of sp³-hybridized carbons (Fsp3) is 0.312. The molecular weight excluding hydrogens is 358 g/mol. The van der Waals surface area contributed by atoms with E-state index in [4.69, 9.17) is 0 Å². The monoisotopic (exact) mass is 377 g/mol. The van der Waals surface area contributed by atoms with Crippen LogP contribution in [0.25, 0.3) is 16.7 Å². The molecule has 0 atom stereocenters. The molecule has 2 aromatic heterocycles. The first-order chi connectivity index (χ1) is 12.0. The minimum absolute atomic E-state index is 0.129. The van der Waals surface area contributed by atoms with Crippen LogP contribution in [0.2, 0.25) is 0 Å². The molecule has 0 bridgehead atoms. The highest BCUT2D eigenvalue weighted by Crippen LogP contribution is 2.26. The molecule has 1 aromatic carbocycles. The second-order valence-electron chi connectivity index (χ2n) is 5.61. The summed E-state index contributed by atoms with van der Waals surface area (Å²) >= 11 is 1.52. The van der Waals surface area contributed by atoms with Gasteiger partial charge in [0, 0.05) is 19.8 Å². The summed E-state index contributed by atoms with van der Waals surface area (Å²) in [6.45, 7) is 0. The van der Waals surface area contributed by atoms with E-state index in [-0.39, 0.29) is 5.75 Å². The summed E-state index contributed by atoms with van der Waals surface area (Å²) in [5.74, 6) is 0.792. The lowest BCUT2D eigenvalue weighted by Gasteiger charge is -2.10. The van der Waals surface area contributed by atoms with Gasteiger partial charge in [-0.15, -0.1) is 11.8 Å². The molecule has 0 saturated heterocycles. The zero-order valence-electron chi connectivity index (χ0n) is 14.0. The van der Waals surface area contributed by atoms with Crippen molar-refractivity contribution in [1.82, 2.24) is 24.1 Å².